The Morgan fingerprint density at radius 3 is 2.62 bits per heavy atom. The Labute approximate surface area is 144 Å². The van der Waals surface area contributed by atoms with Gasteiger partial charge < -0.3 is 0 Å². The molecule has 1 heterocycles. The molecule has 0 amide bonds. The number of aliphatic imine (C=N–C) groups is 1. The van der Waals surface area contributed by atoms with E-state index < -0.39 is 0 Å². The van der Waals surface area contributed by atoms with Crippen LogP contribution in [0.25, 0.3) is 0 Å². The molecule has 21 heavy (non-hydrogen) atoms. The van der Waals surface area contributed by atoms with Gasteiger partial charge in [-0.25, -0.2) is 4.39 Å². The molecule has 0 N–H and O–H groups in total. The number of nitrogens with zero attached hydrogens (tertiary/aromatic N) is 1. The van der Waals surface area contributed by atoms with Crippen molar-refractivity contribution in [3.05, 3.63) is 70.0 Å². The van der Waals surface area contributed by atoms with Gasteiger partial charge in [-0.1, -0.05) is 61.7 Å². The largest absolute Gasteiger partial charge is 0.283 e. The van der Waals surface area contributed by atoms with Gasteiger partial charge in [0.15, 0.2) is 0 Å². The van der Waals surface area contributed by atoms with Gasteiger partial charge in [-0.15, -0.1) is 0 Å². The fourth-order valence-corrected chi connectivity index (χ4v) is 3.58. The summed E-state index contributed by atoms with van der Waals surface area (Å²) < 4.78 is 14.2. The molecule has 0 unspecified atom stereocenters. The molecule has 1 aliphatic rings. The summed E-state index contributed by atoms with van der Waals surface area (Å²) in [5.41, 5.74) is 3.08. The summed E-state index contributed by atoms with van der Waals surface area (Å²) in [4.78, 5) is 4.84. The normalized spacial score (nSPS) is 21.4. The van der Waals surface area contributed by atoms with E-state index in [2.05, 4.69) is 36.9 Å². The highest BCUT2D eigenvalue weighted by Crippen LogP contribution is 2.38. The van der Waals surface area contributed by atoms with Crippen molar-refractivity contribution in [2.45, 2.75) is 9.65 Å². The Balaban J connectivity index is 2.24. The van der Waals surface area contributed by atoms with Crippen LogP contribution >= 0.6 is 43.5 Å². The third-order valence-electron chi connectivity index (χ3n) is 3.44. The molecule has 2 aromatic rings. The first-order chi connectivity index (χ1) is 10.1. The first-order valence-electron chi connectivity index (χ1n) is 6.45. The number of fused-ring (bicyclic) bond motifs is 1. The summed E-state index contributed by atoms with van der Waals surface area (Å²) in [6, 6.07) is 12.3. The van der Waals surface area contributed by atoms with Crippen molar-refractivity contribution >= 4 is 49.2 Å². The van der Waals surface area contributed by atoms with Crippen LogP contribution in [-0.2, 0) is 0 Å². The molecule has 0 saturated carbocycles. The minimum absolute atomic E-state index is 0.0952. The van der Waals surface area contributed by atoms with Gasteiger partial charge in [-0.05, 0) is 29.8 Å². The molecule has 0 aliphatic carbocycles. The van der Waals surface area contributed by atoms with Gasteiger partial charge in [-0.3, -0.25) is 4.99 Å². The smallest absolute Gasteiger partial charge is 0.132 e. The lowest BCUT2D eigenvalue weighted by atomic mass is 9.96. The minimum atomic E-state index is -0.277. The predicted octanol–water partition coefficient (Wildman–Crippen LogP) is 5.53. The van der Waals surface area contributed by atoms with Crippen LogP contribution in [0, 0.1) is 5.82 Å². The van der Waals surface area contributed by atoms with Crippen LogP contribution in [0.15, 0.2) is 47.5 Å². The summed E-state index contributed by atoms with van der Waals surface area (Å²) >= 11 is 13.4. The summed E-state index contributed by atoms with van der Waals surface area (Å²) in [7, 11) is 0. The van der Waals surface area contributed by atoms with Gasteiger partial charge >= 0.3 is 0 Å². The third-order valence-corrected chi connectivity index (χ3v) is 6.33. The van der Waals surface area contributed by atoms with Crippen LogP contribution in [0.1, 0.15) is 21.5 Å². The minimum Gasteiger partial charge on any atom is -0.283 e. The highest BCUT2D eigenvalue weighted by Gasteiger charge is 2.27. The monoisotopic (exact) mass is 429 g/mol. The molecule has 3 rings (SSSR count). The molecule has 0 radical (unpaired) electrons. The molecule has 5 heteroatoms. The lowest BCUT2D eigenvalue weighted by molar-refractivity contribution is 0.625. The number of rotatable bonds is 1. The summed E-state index contributed by atoms with van der Waals surface area (Å²) in [6.07, 6.45) is 0. The topological polar surface area (TPSA) is 12.4 Å². The second-order valence-electron chi connectivity index (χ2n) is 4.82. The average Bonchev–Trinajstić information content (AvgIpc) is 2.59. The third kappa shape index (κ3) is 2.94. The molecule has 0 fully saturated rings. The van der Waals surface area contributed by atoms with E-state index in [0.717, 1.165) is 11.1 Å². The lowest BCUT2D eigenvalue weighted by Crippen LogP contribution is -2.09. The number of benzene rings is 2. The van der Waals surface area contributed by atoms with Gasteiger partial charge in [0.1, 0.15) is 5.82 Å². The van der Waals surface area contributed by atoms with Crippen molar-refractivity contribution in [1.29, 1.82) is 0 Å². The van der Waals surface area contributed by atoms with Crippen LogP contribution in [0.2, 0.25) is 5.02 Å². The highest BCUT2D eigenvalue weighted by molar-refractivity contribution is 9.12. The Bertz CT molecular complexity index is 717. The molecule has 1 nitrogen and oxygen atoms in total. The van der Waals surface area contributed by atoms with Crippen molar-refractivity contribution in [3.8, 4) is 0 Å². The van der Waals surface area contributed by atoms with E-state index in [1.807, 2.05) is 24.3 Å². The summed E-state index contributed by atoms with van der Waals surface area (Å²) in [5.74, 6) is -0.277. The van der Waals surface area contributed by atoms with Gasteiger partial charge in [0.05, 0.1) is 21.9 Å². The highest BCUT2D eigenvalue weighted by atomic mass is 79.9. The van der Waals surface area contributed by atoms with E-state index in [0.29, 0.717) is 22.8 Å². The average molecular weight is 432 g/mol. The summed E-state index contributed by atoms with van der Waals surface area (Å²) in [5, 5.41) is 0.616. The van der Waals surface area contributed by atoms with Gasteiger partial charge in [0, 0.05) is 16.1 Å². The van der Waals surface area contributed by atoms with Crippen molar-refractivity contribution in [2.24, 2.45) is 4.99 Å². The maximum atomic E-state index is 14.2. The van der Waals surface area contributed by atoms with E-state index in [9.17, 15) is 4.39 Å². The molecule has 0 spiro atoms. The Morgan fingerprint density at radius 1 is 1.10 bits per heavy atom. The molecular formula is C16H11Br2ClFN. The van der Waals surface area contributed by atoms with Crippen molar-refractivity contribution < 1.29 is 4.39 Å². The lowest BCUT2D eigenvalue weighted by Gasteiger charge is -2.16. The number of hydrogen-bond acceptors (Lipinski definition) is 1. The van der Waals surface area contributed by atoms with E-state index in [4.69, 9.17) is 11.6 Å². The standard InChI is InChI=1S/C16H11Br2ClFN/c17-13-8-21-16(11-3-1-2-4-14(11)20)12-7-9(19)5-6-10(12)15(13)18/h1-7,13,15H,8H2/t13-,15-/m1/s1. The summed E-state index contributed by atoms with van der Waals surface area (Å²) in [6.45, 7) is 0.561. The fourth-order valence-electron chi connectivity index (χ4n) is 2.41. The van der Waals surface area contributed by atoms with E-state index in [1.54, 1.807) is 12.1 Å². The molecule has 1 aliphatic heterocycles. The Kier molecular flexibility index (Phi) is 4.48. The fraction of sp³-hybridized carbons (Fsp3) is 0.188. The number of alkyl halides is 2. The second-order valence-corrected chi connectivity index (χ2v) is 7.42. The van der Waals surface area contributed by atoms with Crippen LogP contribution < -0.4 is 0 Å². The Morgan fingerprint density at radius 2 is 1.86 bits per heavy atom. The SMILES string of the molecule is Fc1ccccc1C1=NC[C@@H](Br)[C@H](Br)c2ccc(Cl)cc21. The molecule has 2 aromatic carbocycles. The Hall–Kier alpha value is -0.710. The van der Waals surface area contributed by atoms with E-state index >= 15 is 0 Å². The quantitative estimate of drug-likeness (QED) is 0.527. The first-order valence-corrected chi connectivity index (χ1v) is 8.66. The molecule has 2 atom stereocenters. The maximum Gasteiger partial charge on any atom is 0.132 e. The molecule has 0 bridgehead atoms. The molecular weight excluding hydrogens is 420 g/mol. The zero-order chi connectivity index (χ0) is 15.0. The van der Waals surface area contributed by atoms with Crippen LogP contribution in [0.3, 0.4) is 0 Å². The first kappa shape index (κ1) is 15.2. The van der Waals surface area contributed by atoms with Crippen LogP contribution in [-0.4, -0.2) is 17.1 Å². The van der Waals surface area contributed by atoms with Crippen LogP contribution in [0.4, 0.5) is 4.39 Å². The van der Waals surface area contributed by atoms with Crippen LogP contribution in [0.5, 0.6) is 0 Å². The zero-order valence-corrected chi connectivity index (χ0v) is 14.8. The van der Waals surface area contributed by atoms with Gasteiger partial charge in [0.2, 0.25) is 0 Å². The second kappa shape index (κ2) is 6.19. The van der Waals surface area contributed by atoms with E-state index in [1.165, 1.54) is 6.07 Å². The number of halogens is 4. The molecule has 0 saturated heterocycles. The predicted molar refractivity (Wildman–Crippen MR) is 92.7 cm³/mol. The van der Waals surface area contributed by atoms with E-state index in [-0.39, 0.29) is 15.5 Å². The maximum absolute atomic E-state index is 14.2. The van der Waals surface area contributed by atoms with Crippen molar-refractivity contribution in [1.82, 2.24) is 0 Å². The van der Waals surface area contributed by atoms with Crippen molar-refractivity contribution in [2.75, 3.05) is 6.54 Å². The zero-order valence-electron chi connectivity index (χ0n) is 10.9. The van der Waals surface area contributed by atoms with Gasteiger partial charge in [0.25, 0.3) is 0 Å². The van der Waals surface area contributed by atoms with Crippen molar-refractivity contribution in [3.63, 3.8) is 0 Å². The molecule has 0 aromatic heterocycles. The molecule has 108 valence electrons. The number of hydrogen-bond donors (Lipinski definition) is 0. The van der Waals surface area contributed by atoms with Gasteiger partial charge in [-0.2, -0.15) is 0 Å².